The lowest BCUT2D eigenvalue weighted by Gasteiger charge is -2.29. The molecule has 0 aromatic carbocycles. The van der Waals surface area contributed by atoms with E-state index in [-0.39, 0.29) is 12.6 Å². The van der Waals surface area contributed by atoms with Gasteiger partial charge < -0.3 is 4.74 Å². The Labute approximate surface area is 76.4 Å². The van der Waals surface area contributed by atoms with E-state index in [1.165, 1.54) is 0 Å². The van der Waals surface area contributed by atoms with Crippen molar-refractivity contribution >= 4 is 5.97 Å². The van der Waals surface area contributed by atoms with Crippen molar-refractivity contribution in [2.75, 3.05) is 6.61 Å². The Morgan fingerprint density at radius 2 is 2.38 bits per heavy atom. The van der Waals surface area contributed by atoms with Crippen LogP contribution in [0.1, 0.15) is 19.8 Å². The fourth-order valence-electron chi connectivity index (χ4n) is 1.70. The van der Waals surface area contributed by atoms with Gasteiger partial charge in [-0.3, -0.25) is 0 Å². The number of hydrogen-bond donors (Lipinski definition) is 0. The lowest BCUT2D eigenvalue weighted by molar-refractivity contribution is -0.327. The Hall–Kier alpha value is -0.870. The maximum atomic E-state index is 11.4. The van der Waals surface area contributed by atoms with Crippen LogP contribution >= 0.6 is 0 Å². The van der Waals surface area contributed by atoms with E-state index >= 15 is 0 Å². The Morgan fingerprint density at radius 1 is 1.62 bits per heavy atom. The number of hydrogen-bond acceptors (Lipinski definition) is 4. The summed E-state index contributed by atoms with van der Waals surface area (Å²) in [6.07, 6.45) is 2.71. The summed E-state index contributed by atoms with van der Waals surface area (Å²) in [5.41, 5.74) is -1.52. The third-order valence-electron chi connectivity index (χ3n) is 2.71. The summed E-state index contributed by atoms with van der Waals surface area (Å²) in [4.78, 5) is 21.6. The molecule has 4 nitrogen and oxygen atoms in total. The molecule has 0 aromatic rings. The molecule has 2 unspecified atom stereocenters. The first kappa shape index (κ1) is 8.72. The molecular weight excluding hydrogens is 172 g/mol. The Kier molecular flexibility index (Phi) is 1.72. The zero-order chi connectivity index (χ0) is 9.53. The first-order chi connectivity index (χ1) is 6.16. The molecule has 2 heterocycles. The van der Waals surface area contributed by atoms with Crippen molar-refractivity contribution in [1.82, 2.24) is 0 Å². The van der Waals surface area contributed by atoms with E-state index in [0.29, 0.717) is 12.8 Å². The molecule has 2 atom stereocenters. The van der Waals surface area contributed by atoms with Crippen molar-refractivity contribution in [2.45, 2.75) is 31.0 Å². The summed E-state index contributed by atoms with van der Waals surface area (Å²) >= 11 is 0. The molecule has 0 saturated carbocycles. The zero-order valence-electron chi connectivity index (χ0n) is 7.54. The fourth-order valence-corrected chi connectivity index (χ4v) is 1.70. The van der Waals surface area contributed by atoms with Gasteiger partial charge in [0.2, 0.25) is 5.60 Å². The van der Waals surface area contributed by atoms with Crippen LogP contribution in [0.5, 0.6) is 0 Å². The lowest BCUT2D eigenvalue weighted by atomic mass is 9.84. The van der Waals surface area contributed by atoms with Crippen LogP contribution in [0, 0.1) is 0 Å². The van der Waals surface area contributed by atoms with Gasteiger partial charge >= 0.3 is 5.97 Å². The molecule has 2 aliphatic heterocycles. The average Bonchev–Trinajstić information content (AvgIpc) is 2.51. The van der Waals surface area contributed by atoms with Crippen molar-refractivity contribution < 1.29 is 19.3 Å². The van der Waals surface area contributed by atoms with Crippen LogP contribution in [0.3, 0.4) is 0 Å². The third kappa shape index (κ3) is 1.02. The molecule has 0 aromatic heterocycles. The number of ether oxygens (including phenoxy) is 1. The summed E-state index contributed by atoms with van der Waals surface area (Å²) in [5, 5.41) is 0. The van der Waals surface area contributed by atoms with Crippen LogP contribution in [0.15, 0.2) is 12.7 Å². The van der Waals surface area contributed by atoms with E-state index in [0.717, 1.165) is 0 Å². The molecule has 0 aliphatic carbocycles. The molecule has 0 spiro atoms. The number of esters is 1. The van der Waals surface area contributed by atoms with Crippen molar-refractivity contribution in [1.29, 1.82) is 0 Å². The number of fused-ring (bicyclic) bond motifs is 2. The summed E-state index contributed by atoms with van der Waals surface area (Å²) in [5.74, 6) is -0.329. The van der Waals surface area contributed by atoms with Gasteiger partial charge in [0.15, 0.2) is 5.60 Å². The molecule has 2 rings (SSSR count). The predicted octanol–water partition coefficient (Wildman–Crippen LogP) is 0.969. The molecular formula is C9H12O4. The van der Waals surface area contributed by atoms with Crippen molar-refractivity contribution in [3.63, 3.8) is 0 Å². The molecule has 0 radical (unpaired) electrons. The first-order valence-electron chi connectivity index (χ1n) is 4.34. The number of cyclic esters (lactones) is 1. The highest BCUT2D eigenvalue weighted by Crippen LogP contribution is 2.43. The quantitative estimate of drug-likeness (QED) is 0.364. The van der Waals surface area contributed by atoms with E-state index in [1.807, 2.05) is 6.92 Å². The van der Waals surface area contributed by atoms with Gasteiger partial charge in [-0.1, -0.05) is 19.6 Å². The van der Waals surface area contributed by atoms with Gasteiger partial charge in [0.25, 0.3) is 0 Å². The van der Waals surface area contributed by atoms with Gasteiger partial charge in [0.05, 0.1) is 0 Å². The SMILES string of the molecule is C=CC12COC(=O)C(CC)(C1)OO2. The Bertz CT molecular complexity index is 262. The molecule has 72 valence electrons. The Balaban J connectivity index is 2.31. The van der Waals surface area contributed by atoms with Crippen LogP contribution in [0.25, 0.3) is 0 Å². The van der Waals surface area contributed by atoms with Crippen LogP contribution in [0.2, 0.25) is 0 Å². The summed E-state index contributed by atoms with van der Waals surface area (Å²) in [6, 6.07) is 0. The standard InChI is InChI=1S/C9H12O4/c1-3-8-5-9(4-2,13-12-8)7(10)11-6-8/h3H,1,4-6H2,2H3. The van der Waals surface area contributed by atoms with Crippen LogP contribution < -0.4 is 0 Å². The smallest absolute Gasteiger partial charge is 0.342 e. The highest BCUT2D eigenvalue weighted by Gasteiger charge is 2.59. The topological polar surface area (TPSA) is 44.8 Å². The highest BCUT2D eigenvalue weighted by molar-refractivity contribution is 5.81. The van der Waals surface area contributed by atoms with E-state index in [4.69, 9.17) is 14.5 Å². The van der Waals surface area contributed by atoms with Crippen LogP contribution in [0.4, 0.5) is 0 Å². The normalized spacial score (nSPS) is 43.0. The minimum Gasteiger partial charge on any atom is -0.460 e. The molecule has 2 fully saturated rings. The van der Waals surface area contributed by atoms with E-state index < -0.39 is 11.2 Å². The Morgan fingerprint density at radius 3 is 3.00 bits per heavy atom. The molecule has 0 N–H and O–H groups in total. The van der Waals surface area contributed by atoms with Gasteiger partial charge in [0.1, 0.15) is 6.61 Å². The fraction of sp³-hybridized carbons (Fsp3) is 0.667. The lowest BCUT2D eigenvalue weighted by Crippen LogP contribution is -2.47. The summed E-state index contributed by atoms with van der Waals surface area (Å²) < 4.78 is 4.99. The second kappa shape index (κ2) is 2.56. The van der Waals surface area contributed by atoms with Crippen molar-refractivity contribution in [3.8, 4) is 0 Å². The largest absolute Gasteiger partial charge is 0.460 e. The maximum absolute atomic E-state index is 11.4. The number of carbonyl (C=O) groups excluding carboxylic acids is 1. The maximum Gasteiger partial charge on any atom is 0.342 e. The van der Waals surface area contributed by atoms with Gasteiger partial charge in [-0.05, 0) is 6.42 Å². The molecule has 2 saturated heterocycles. The van der Waals surface area contributed by atoms with E-state index in [9.17, 15) is 4.79 Å². The third-order valence-corrected chi connectivity index (χ3v) is 2.71. The van der Waals surface area contributed by atoms with Crippen molar-refractivity contribution in [2.24, 2.45) is 0 Å². The highest BCUT2D eigenvalue weighted by atomic mass is 17.2. The molecule has 4 heteroatoms. The van der Waals surface area contributed by atoms with Crippen molar-refractivity contribution in [3.05, 3.63) is 12.7 Å². The van der Waals surface area contributed by atoms with Gasteiger partial charge in [-0.15, -0.1) is 0 Å². The minimum atomic E-state index is -0.896. The van der Waals surface area contributed by atoms with Gasteiger partial charge in [-0.25, -0.2) is 14.6 Å². The molecule has 2 bridgehead atoms. The number of rotatable bonds is 2. The average molecular weight is 184 g/mol. The van der Waals surface area contributed by atoms with Gasteiger partial charge in [-0.2, -0.15) is 0 Å². The molecule has 0 amide bonds. The van der Waals surface area contributed by atoms with Gasteiger partial charge in [0, 0.05) is 6.42 Å². The second-order valence-electron chi connectivity index (χ2n) is 3.54. The second-order valence-corrected chi connectivity index (χ2v) is 3.54. The van der Waals surface area contributed by atoms with Crippen LogP contribution in [-0.4, -0.2) is 23.8 Å². The molecule has 2 aliphatic rings. The zero-order valence-corrected chi connectivity index (χ0v) is 7.54. The van der Waals surface area contributed by atoms with E-state index in [1.54, 1.807) is 6.08 Å². The minimum absolute atomic E-state index is 0.205. The summed E-state index contributed by atoms with van der Waals surface area (Å²) in [7, 11) is 0. The van der Waals surface area contributed by atoms with E-state index in [2.05, 4.69) is 6.58 Å². The number of carbonyl (C=O) groups is 1. The van der Waals surface area contributed by atoms with Crippen LogP contribution in [-0.2, 0) is 19.3 Å². The first-order valence-corrected chi connectivity index (χ1v) is 4.34. The monoisotopic (exact) mass is 184 g/mol. The molecule has 13 heavy (non-hydrogen) atoms. The predicted molar refractivity (Wildman–Crippen MR) is 43.7 cm³/mol. The summed E-state index contributed by atoms with van der Waals surface area (Å²) in [6.45, 7) is 5.72.